The van der Waals surface area contributed by atoms with Gasteiger partial charge >= 0.3 is 6.18 Å². The highest BCUT2D eigenvalue weighted by Gasteiger charge is 2.44. The molecule has 126 valence electrons. The molecule has 24 heavy (non-hydrogen) atoms. The zero-order chi connectivity index (χ0) is 17.5. The molecule has 0 fully saturated rings. The zero-order valence-corrected chi connectivity index (χ0v) is 12.4. The first kappa shape index (κ1) is 16.4. The molecule has 0 saturated heterocycles. The van der Waals surface area contributed by atoms with Crippen LogP contribution in [0.2, 0.25) is 0 Å². The Labute approximate surface area is 136 Å². The average molecular weight is 362 g/mol. The fourth-order valence-corrected chi connectivity index (χ4v) is 2.45. The first-order valence-corrected chi connectivity index (χ1v) is 6.88. The van der Waals surface area contributed by atoms with Crippen molar-refractivity contribution in [3.8, 4) is 0 Å². The maximum atomic E-state index is 15.5. The van der Waals surface area contributed by atoms with E-state index in [-0.39, 0.29) is 10.7 Å². The van der Waals surface area contributed by atoms with Gasteiger partial charge in [-0.15, -0.1) is 5.10 Å². The summed E-state index contributed by atoms with van der Waals surface area (Å²) in [5.41, 5.74) is -1.91. The van der Waals surface area contributed by atoms with Crippen LogP contribution in [0.1, 0.15) is 17.3 Å². The molecule has 2 atom stereocenters. The summed E-state index contributed by atoms with van der Waals surface area (Å²) < 4.78 is 54.0. The van der Waals surface area contributed by atoms with E-state index in [9.17, 15) is 18.0 Å². The van der Waals surface area contributed by atoms with E-state index in [0.717, 1.165) is 18.5 Å². The number of nitrogens with one attached hydrogen (secondary N) is 1. The molecule has 0 saturated carbocycles. The average Bonchev–Trinajstić information content (AvgIpc) is 3.00. The summed E-state index contributed by atoms with van der Waals surface area (Å²) >= 11 is 5.86. The van der Waals surface area contributed by atoms with Crippen LogP contribution < -0.4 is 5.56 Å². The normalized spacial score (nSPS) is 24.0. The van der Waals surface area contributed by atoms with Crippen LogP contribution in [-0.4, -0.2) is 25.0 Å². The molecule has 3 rings (SSSR count). The van der Waals surface area contributed by atoms with Gasteiger partial charge in [0.1, 0.15) is 0 Å². The van der Waals surface area contributed by atoms with Crippen LogP contribution in [0.5, 0.6) is 0 Å². The number of rotatable bonds is 2. The molecular weight excluding hydrogens is 354 g/mol. The Morgan fingerprint density at radius 3 is 2.75 bits per heavy atom. The molecule has 11 heteroatoms. The first-order valence-electron chi connectivity index (χ1n) is 6.50. The number of alkyl halides is 4. The van der Waals surface area contributed by atoms with Crippen molar-refractivity contribution in [2.75, 3.05) is 0 Å². The molecule has 2 unspecified atom stereocenters. The van der Waals surface area contributed by atoms with Gasteiger partial charge in [0, 0.05) is 11.1 Å². The van der Waals surface area contributed by atoms with Crippen molar-refractivity contribution in [3.63, 3.8) is 0 Å². The van der Waals surface area contributed by atoms with Crippen LogP contribution in [0.3, 0.4) is 0 Å². The van der Waals surface area contributed by atoms with Crippen LogP contribution in [0.4, 0.5) is 17.6 Å². The molecule has 0 spiro atoms. The summed E-state index contributed by atoms with van der Waals surface area (Å²) in [6.07, 6.45) is 0.0898. The van der Waals surface area contributed by atoms with Gasteiger partial charge in [0.05, 0.1) is 24.1 Å². The van der Waals surface area contributed by atoms with Gasteiger partial charge in [-0.2, -0.15) is 13.2 Å². The minimum atomic E-state index is -4.77. The highest BCUT2D eigenvalue weighted by Crippen LogP contribution is 2.42. The summed E-state index contributed by atoms with van der Waals surface area (Å²) in [6, 6.07) is 1.03. The van der Waals surface area contributed by atoms with Crippen molar-refractivity contribution in [2.24, 2.45) is 0 Å². The maximum absolute atomic E-state index is 15.5. The number of aromatic nitrogens is 5. The number of halogens is 5. The number of allylic oxidation sites excluding steroid dienone is 4. The monoisotopic (exact) mass is 361 g/mol. The lowest BCUT2D eigenvalue weighted by Crippen LogP contribution is -2.36. The van der Waals surface area contributed by atoms with E-state index in [1.807, 2.05) is 0 Å². The molecule has 0 amide bonds. The topological polar surface area (TPSA) is 76.5 Å². The maximum Gasteiger partial charge on any atom is 0.436 e. The van der Waals surface area contributed by atoms with E-state index >= 15 is 4.39 Å². The van der Waals surface area contributed by atoms with Gasteiger partial charge in [-0.1, -0.05) is 22.9 Å². The molecule has 1 N–H and O–H groups in total. The second-order valence-electron chi connectivity index (χ2n) is 4.97. The predicted octanol–water partition coefficient (Wildman–Crippen LogP) is 2.48. The van der Waals surface area contributed by atoms with Crippen LogP contribution >= 0.6 is 11.6 Å². The minimum Gasteiger partial charge on any atom is -0.313 e. The van der Waals surface area contributed by atoms with Gasteiger partial charge in [-0.05, 0) is 12.2 Å². The lowest BCUT2D eigenvalue weighted by molar-refractivity contribution is -0.141. The number of aromatic amines is 1. The van der Waals surface area contributed by atoms with Crippen LogP contribution in [0, 0.1) is 0 Å². The number of hydrogen-bond donors (Lipinski definition) is 1. The molecule has 0 aliphatic heterocycles. The van der Waals surface area contributed by atoms with Crippen molar-refractivity contribution in [1.82, 2.24) is 25.0 Å². The van der Waals surface area contributed by atoms with Crippen molar-refractivity contribution in [2.45, 2.75) is 17.9 Å². The summed E-state index contributed by atoms with van der Waals surface area (Å²) in [4.78, 5) is 17.6. The zero-order valence-electron chi connectivity index (χ0n) is 11.6. The van der Waals surface area contributed by atoms with Crippen molar-refractivity contribution < 1.29 is 17.6 Å². The second kappa shape index (κ2) is 5.55. The van der Waals surface area contributed by atoms with Gasteiger partial charge in [-0.25, -0.2) is 14.1 Å². The van der Waals surface area contributed by atoms with E-state index in [0.29, 0.717) is 10.9 Å². The molecule has 1 aliphatic carbocycles. The van der Waals surface area contributed by atoms with E-state index in [2.05, 4.69) is 20.3 Å². The Balaban J connectivity index is 2.11. The van der Waals surface area contributed by atoms with Gasteiger partial charge in [0.2, 0.25) is 5.79 Å². The third kappa shape index (κ3) is 2.84. The smallest absolute Gasteiger partial charge is 0.313 e. The third-order valence-corrected chi connectivity index (χ3v) is 3.64. The predicted molar refractivity (Wildman–Crippen MR) is 74.8 cm³/mol. The van der Waals surface area contributed by atoms with Gasteiger partial charge < -0.3 is 4.98 Å². The SMILES string of the molecule is O=c1cc(C2C=C(Cl)C=CC2(F)n2cc(C(F)(F)F)nn2)nc[nH]1. The number of nitrogens with zero attached hydrogens (tertiary/aromatic N) is 4. The third-order valence-electron chi connectivity index (χ3n) is 3.39. The Kier molecular flexibility index (Phi) is 3.78. The molecule has 2 aromatic rings. The van der Waals surface area contributed by atoms with Crippen LogP contribution in [0.15, 0.2) is 46.6 Å². The largest absolute Gasteiger partial charge is 0.436 e. The quantitative estimate of drug-likeness (QED) is 0.834. The molecule has 0 aromatic carbocycles. The number of H-pyrrole nitrogens is 1. The van der Waals surface area contributed by atoms with Gasteiger partial charge in [0.25, 0.3) is 5.56 Å². The van der Waals surface area contributed by atoms with Gasteiger partial charge in [0.15, 0.2) is 5.69 Å². The second-order valence-corrected chi connectivity index (χ2v) is 5.41. The molecular formula is C13H8ClF4N5O. The van der Waals surface area contributed by atoms with Crippen molar-refractivity contribution in [1.29, 1.82) is 0 Å². The molecule has 2 heterocycles. The summed E-state index contributed by atoms with van der Waals surface area (Å²) in [5.74, 6) is -3.82. The van der Waals surface area contributed by atoms with E-state index < -0.39 is 29.1 Å². The summed E-state index contributed by atoms with van der Waals surface area (Å²) in [7, 11) is 0. The van der Waals surface area contributed by atoms with E-state index in [1.54, 1.807) is 0 Å². The molecule has 6 nitrogen and oxygen atoms in total. The molecule has 2 aromatic heterocycles. The lowest BCUT2D eigenvalue weighted by atomic mass is 9.89. The Morgan fingerprint density at radius 1 is 1.38 bits per heavy atom. The van der Waals surface area contributed by atoms with Crippen molar-refractivity contribution in [3.05, 3.63) is 63.6 Å². The Hall–Kier alpha value is -2.49. The highest BCUT2D eigenvalue weighted by atomic mass is 35.5. The standard InChI is InChI=1S/C13H8ClF4N5O/c14-7-1-2-12(15,23-5-10(21-22-23)13(16,17)18)8(3-7)9-4-11(24)20-6-19-9/h1-6,8H,(H,19,20,24). The van der Waals surface area contributed by atoms with Crippen LogP contribution in [-0.2, 0) is 12.0 Å². The summed E-state index contributed by atoms with van der Waals surface area (Å²) in [6.45, 7) is 0. The lowest BCUT2D eigenvalue weighted by Gasteiger charge is -2.31. The fourth-order valence-electron chi connectivity index (χ4n) is 2.26. The highest BCUT2D eigenvalue weighted by molar-refractivity contribution is 6.31. The number of hydrogen-bond acceptors (Lipinski definition) is 4. The van der Waals surface area contributed by atoms with Gasteiger partial charge in [-0.3, -0.25) is 4.79 Å². The summed E-state index contributed by atoms with van der Waals surface area (Å²) in [5, 5.41) is 6.33. The van der Waals surface area contributed by atoms with E-state index in [4.69, 9.17) is 11.6 Å². The first-order chi connectivity index (χ1) is 11.2. The minimum absolute atomic E-state index is 0.0205. The van der Waals surface area contributed by atoms with E-state index in [1.165, 1.54) is 12.2 Å². The van der Waals surface area contributed by atoms with Crippen LogP contribution in [0.25, 0.3) is 0 Å². The molecule has 1 aliphatic rings. The Morgan fingerprint density at radius 2 is 2.12 bits per heavy atom. The Bertz CT molecular complexity index is 887. The molecule has 0 bridgehead atoms. The molecule has 0 radical (unpaired) electrons. The fraction of sp³-hybridized carbons (Fsp3) is 0.231. The van der Waals surface area contributed by atoms with Crippen molar-refractivity contribution >= 4 is 11.6 Å².